The molecule has 1 unspecified atom stereocenters. The molecular formula is C13H19BrN2O. The minimum Gasteiger partial charge on any atom is -0.382 e. The first-order valence-corrected chi connectivity index (χ1v) is 6.90. The number of rotatable bonds is 4. The molecule has 1 heterocycles. The quantitative estimate of drug-likeness (QED) is 0.925. The first-order chi connectivity index (χ1) is 8.28. The van der Waals surface area contributed by atoms with Crippen LogP contribution >= 0.6 is 15.9 Å². The molecule has 1 fully saturated rings. The molecule has 1 saturated heterocycles. The van der Waals surface area contributed by atoms with Gasteiger partial charge in [-0.2, -0.15) is 0 Å². The maximum absolute atomic E-state index is 5.75. The van der Waals surface area contributed by atoms with Crippen molar-refractivity contribution in [2.45, 2.75) is 13.0 Å². The van der Waals surface area contributed by atoms with Crippen molar-refractivity contribution in [1.29, 1.82) is 0 Å². The van der Waals surface area contributed by atoms with E-state index in [4.69, 9.17) is 4.74 Å². The Bertz CT molecular complexity index is 359. The van der Waals surface area contributed by atoms with Crippen molar-refractivity contribution in [3.63, 3.8) is 0 Å². The fourth-order valence-electron chi connectivity index (χ4n) is 2.02. The van der Waals surface area contributed by atoms with Gasteiger partial charge in [0.1, 0.15) is 0 Å². The minimum atomic E-state index is 0.294. The van der Waals surface area contributed by atoms with Crippen molar-refractivity contribution in [3.8, 4) is 0 Å². The Morgan fingerprint density at radius 1 is 1.53 bits per heavy atom. The topological polar surface area (TPSA) is 24.5 Å². The van der Waals surface area contributed by atoms with E-state index in [0.717, 1.165) is 42.9 Å². The number of nitrogens with zero attached hydrogens (tertiary/aromatic N) is 1. The summed E-state index contributed by atoms with van der Waals surface area (Å²) in [5, 5.41) is 3.42. The Morgan fingerprint density at radius 3 is 3.18 bits per heavy atom. The molecule has 0 saturated carbocycles. The molecule has 2 rings (SSSR count). The number of anilines is 1. The molecule has 1 aliphatic heterocycles. The largest absolute Gasteiger partial charge is 0.382 e. The molecule has 3 nitrogen and oxygen atoms in total. The summed E-state index contributed by atoms with van der Waals surface area (Å²) in [5.74, 6) is 0. The highest BCUT2D eigenvalue weighted by Gasteiger charge is 2.18. The lowest BCUT2D eigenvalue weighted by atomic mass is 10.2. The number of nitrogens with one attached hydrogen (secondary N) is 1. The smallest absolute Gasteiger partial charge is 0.0874 e. The maximum Gasteiger partial charge on any atom is 0.0874 e. The summed E-state index contributed by atoms with van der Waals surface area (Å²) in [6.45, 7) is 7.11. The van der Waals surface area contributed by atoms with Crippen LogP contribution in [0.4, 0.5) is 5.69 Å². The van der Waals surface area contributed by atoms with Gasteiger partial charge >= 0.3 is 0 Å². The molecule has 1 N–H and O–H groups in total. The van der Waals surface area contributed by atoms with Crippen molar-refractivity contribution >= 4 is 21.6 Å². The summed E-state index contributed by atoms with van der Waals surface area (Å²) in [4.78, 5) is 2.43. The normalized spacial score (nSPS) is 21.4. The van der Waals surface area contributed by atoms with Gasteiger partial charge in [-0.25, -0.2) is 0 Å². The van der Waals surface area contributed by atoms with Crippen LogP contribution in [0.25, 0.3) is 0 Å². The van der Waals surface area contributed by atoms with Crippen molar-refractivity contribution in [2.75, 3.05) is 38.1 Å². The number of hydrogen-bond donors (Lipinski definition) is 1. The highest BCUT2D eigenvalue weighted by molar-refractivity contribution is 9.10. The van der Waals surface area contributed by atoms with Gasteiger partial charge in [0.25, 0.3) is 0 Å². The Labute approximate surface area is 111 Å². The summed E-state index contributed by atoms with van der Waals surface area (Å²) < 4.78 is 6.85. The van der Waals surface area contributed by atoms with Crippen molar-refractivity contribution in [1.82, 2.24) is 4.90 Å². The zero-order valence-electron chi connectivity index (χ0n) is 10.2. The molecule has 17 heavy (non-hydrogen) atoms. The van der Waals surface area contributed by atoms with Crippen LogP contribution in [0.15, 0.2) is 28.7 Å². The van der Waals surface area contributed by atoms with Crippen LogP contribution in [0.3, 0.4) is 0 Å². The molecule has 1 aliphatic rings. The van der Waals surface area contributed by atoms with E-state index in [0.29, 0.717) is 6.10 Å². The van der Waals surface area contributed by atoms with Gasteiger partial charge in [0.15, 0.2) is 0 Å². The van der Waals surface area contributed by atoms with Crippen LogP contribution in [0.2, 0.25) is 0 Å². The van der Waals surface area contributed by atoms with Gasteiger partial charge in [-0.15, -0.1) is 0 Å². The highest BCUT2D eigenvalue weighted by atomic mass is 79.9. The Kier molecular flexibility index (Phi) is 4.83. The van der Waals surface area contributed by atoms with E-state index < -0.39 is 0 Å². The molecule has 0 amide bonds. The van der Waals surface area contributed by atoms with Gasteiger partial charge in [-0.3, -0.25) is 4.90 Å². The lowest BCUT2D eigenvalue weighted by Crippen LogP contribution is -2.45. The number of benzene rings is 1. The lowest BCUT2D eigenvalue weighted by molar-refractivity contribution is -0.0191. The van der Waals surface area contributed by atoms with Crippen LogP contribution in [-0.2, 0) is 4.74 Å². The second-order valence-corrected chi connectivity index (χ2v) is 5.19. The predicted octanol–water partition coefficient (Wildman–Crippen LogP) is 2.58. The fraction of sp³-hybridized carbons (Fsp3) is 0.538. The molecule has 4 heteroatoms. The molecule has 1 aromatic carbocycles. The first kappa shape index (κ1) is 12.9. The Hall–Kier alpha value is -0.580. The molecule has 0 spiro atoms. The summed E-state index contributed by atoms with van der Waals surface area (Å²) in [7, 11) is 0. The molecule has 0 aromatic heterocycles. The van der Waals surface area contributed by atoms with Crippen LogP contribution in [0.5, 0.6) is 0 Å². The van der Waals surface area contributed by atoms with Crippen molar-refractivity contribution in [2.24, 2.45) is 0 Å². The second-order valence-electron chi connectivity index (χ2n) is 4.28. The van der Waals surface area contributed by atoms with Crippen LogP contribution in [0, 0.1) is 0 Å². The third-order valence-corrected chi connectivity index (χ3v) is 3.52. The highest BCUT2D eigenvalue weighted by Crippen LogP contribution is 2.16. The number of ether oxygens (including phenoxy) is 1. The first-order valence-electron chi connectivity index (χ1n) is 6.11. The zero-order valence-corrected chi connectivity index (χ0v) is 11.7. The van der Waals surface area contributed by atoms with Gasteiger partial charge in [-0.05, 0) is 24.7 Å². The summed E-state index contributed by atoms with van der Waals surface area (Å²) in [6, 6.07) is 8.22. The van der Waals surface area contributed by atoms with E-state index in [2.05, 4.69) is 45.2 Å². The van der Waals surface area contributed by atoms with Gasteiger partial charge in [-0.1, -0.05) is 28.9 Å². The number of halogens is 1. The third-order valence-electron chi connectivity index (χ3n) is 3.03. The van der Waals surface area contributed by atoms with E-state index in [1.54, 1.807) is 0 Å². The van der Waals surface area contributed by atoms with Gasteiger partial charge < -0.3 is 10.1 Å². The fourth-order valence-corrected chi connectivity index (χ4v) is 2.42. The second kappa shape index (κ2) is 6.38. The van der Waals surface area contributed by atoms with E-state index >= 15 is 0 Å². The monoisotopic (exact) mass is 298 g/mol. The SMILES string of the molecule is CCN1CCOC(CNc2cccc(Br)c2)C1. The molecule has 94 valence electrons. The van der Waals surface area contributed by atoms with Gasteiger partial charge in [0.05, 0.1) is 12.7 Å². The van der Waals surface area contributed by atoms with Crippen LogP contribution in [0.1, 0.15) is 6.92 Å². The summed E-state index contributed by atoms with van der Waals surface area (Å²) in [6.07, 6.45) is 0.294. The van der Waals surface area contributed by atoms with Crippen molar-refractivity contribution in [3.05, 3.63) is 28.7 Å². The van der Waals surface area contributed by atoms with Gasteiger partial charge in [0, 0.05) is 29.8 Å². The van der Waals surface area contributed by atoms with E-state index in [-0.39, 0.29) is 0 Å². The number of likely N-dealkylation sites (N-methyl/N-ethyl adjacent to an activating group) is 1. The number of hydrogen-bond acceptors (Lipinski definition) is 3. The summed E-state index contributed by atoms with van der Waals surface area (Å²) >= 11 is 3.47. The molecule has 0 aliphatic carbocycles. The summed E-state index contributed by atoms with van der Waals surface area (Å²) in [5.41, 5.74) is 1.14. The van der Waals surface area contributed by atoms with Crippen LogP contribution in [-0.4, -0.2) is 43.8 Å². The minimum absolute atomic E-state index is 0.294. The Morgan fingerprint density at radius 2 is 2.41 bits per heavy atom. The lowest BCUT2D eigenvalue weighted by Gasteiger charge is -2.32. The molecule has 1 atom stereocenters. The average Bonchev–Trinajstić information content (AvgIpc) is 2.37. The third kappa shape index (κ3) is 3.98. The van der Waals surface area contributed by atoms with Crippen molar-refractivity contribution < 1.29 is 4.74 Å². The zero-order chi connectivity index (χ0) is 12.1. The molecule has 0 bridgehead atoms. The molecular weight excluding hydrogens is 280 g/mol. The van der Waals surface area contributed by atoms with E-state index in [1.807, 2.05) is 12.1 Å². The standard InChI is InChI=1S/C13H19BrN2O/c1-2-16-6-7-17-13(10-16)9-15-12-5-3-4-11(14)8-12/h3-5,8,13,15H,2,6-7,9-10H2,1H3. The molecule has 0 radical (unpaired) electrons. The Balaban J connectivity index is 1.81. The average molecular weight is 299 g/mol. The van der Waals surface area contributed by atoms with Crippen LogP contribution < -0.4 is 5.32 Å². The van der Waals surface area contributed by atoms with Gasteiger partial charge in [0.2, 0.25) is 0 Å². The van der Waals surface area contributed by atoms with E-state index in [9.17, 15) is 0 Å². The van der Waals surface area contributed by atoms with E-state index in [1.165, 1.54) is 0 Å². The number of morpholine rings is 1. The molecule has 1 aromatic rings. The predicted molar refractivity (Wildman–Crippen MR) is 74.5 cm³/mol. The maximum atomic E-state index is 5.75.